The number of carbonyl (C=O) groups excluding carboxylic acids is 1. The van der Waals surface area contributed by atoms with Crippen LogP contribution in [0, 0.1) is 13.8 Å². The molecule has 0 aliphatic heterocycles. The van der Waals surface area contributed by atoms with Crippen LogP contribution >= 0.6 is 0 Å². The SMILES string of the molecule is Cc1ccc(CNC(=O)[C@H](Cc2ccccc2)Nc2cc(C)nc(Nc3ccccc3)n2)cc1. The second kappa shape index (κ2) is 11.1. The summed E-state index contributed by atoms with van der Waals surface area (Å²) in [4.78, 5) is 22.3. The lowest BCUT2D eigenvalue weighted by Gasteiger charge is -2.20. The Kier molecular flexibility index (Phi) is 7.50. The van der Waals surface area contributed by atoms with E-state index in [0.29, 0.717) is 24.7 Å². The van der Waals surface area contributed by atoms with Gasteiger partial charge in [-0.3, -0.25) is 4.79 Å². The fourth-order valence-corrected chi connectivity index (χ4v) is 3.60. The standard InChI is InChI=1S/C28H29N5O/c1-20-13-15-23(16-14-20)19-29-27(34)25(18-22-9-5-3-6-10-22)32-26-17-21(2)30-28(33-26)31-24-11-7-4-8-12-24/h3-17,25H,18-19H2,1-2H3,(H,29,34)(H2,30,31,32,33)/t25-/m0/s1. The maximum atomic E-state index is 13.2. The zero-order valence-corrected chi connectivity index (χ0v) is 19.5. The van der Waals surface area contributed by atoms with Crippen molar-refractivity contribution in [1.29, 1.82) is 0 Å². The van der Waals surface area contributed by atoms with E-state index in [2.05, 4.69) is 25.9 Å². The minimum atomic E-state index is -0.494. The van der Waals surface area contributed by atoms with Crippen molar-refractivity contribution in [3.8, 4) is 0 Å². The third kappa shape index (κ3) is 6.65. The lowest BCUT2D eigenvalue weighted by atomic mass is 10.0. The summed E-state index contributed by atoms with van der Waals surface area (Å²) in [5.74, 6) is 0.989. The van der Waals surface area contributed by atoms with Crippen molar-refractivity contribution in [3.05, 3.63) is 113 Å². The number of carbonyl (C=O) groups is 1. The van der Waals surface area contributed by atoms with E-state index < -0.39 is 6.04 Å². The van der Waals surface area contributed by atoms with Crippen LogP contribution in [0.3, 0.4) is 0 Å². The average molecular weight is 452 g/mol. The number of para-hydroxylation sites is 1. The monoisotopic (exact) mass is 451 g/mol. The highest BCUT2D eigenvalue weighted by Crippen LogP contribution is 2.17. The molecule has 4 rings (SSSR count). The summed E-state index contributed by atoms with van der Waals surface area (Å²) in [6.45, 7) is 4.43. The number of rotatable bonds is 9. The Hall–Kier alpha value is -4.19. The van der Waals surface area contributed by atoms with Gasteiger partial charge in [-0.1, -0.05) is 78.4 Å². The van der Waals surface area contributed by atoms with Crippen LogP contribution in [0.2, 0.25) is 0 Å². The Morgan fingerprint density at radius 2 is 1.50 bits per heavy atom. The van der Waals surface area contributed by atoms with E-state index in [1.54, 1.807) is 0 Å². The average Bonchev–Trinajstić information content (AvgIpc) is 2.84. The predicted octanol–water partition coefficient (Wildman–Crippen LogP) is 5.18. The van der Waals surface area contributed by atoms with Gasteiger partial charge in [-0.25, -0.2) is 4.98 Å². The first-order valence-electron chi connectivity index (χ1n) is 11.4. The molecular weight excluding hydrogens is 422 g/mol. The number of nitrogens with zero attached hydrogens (tertiary/aromatic N) is 2. The molecular formula is C28H29N5O. The molecule has 0 saturated carbocycles. The van der Waals surface area contributed by atoms with Gasteiger partial charge in [-0.2, -0.15) is 4.98 Å². The van der Waals surface area contributed by atoms with E-state index in [1.807, 2.05) is 105 Å². The van der Waals surface area contributed by atoms with Crippen LogP contribution in [-0.4, -0.2) is 21.9 Å². The highest BCUT2D eigenvalue weighted by atomic mass is 16.2. The predicted molar refractivity (Wildman–Crippen MR) is 137 cm³/mol. The minimum absolute atomic E-state index is 0.0849. The molecule has 6 nitrogen and oxygen atoms in total. The Morgan fingerprint density at radius 1 is 0.824 bits per heavy atom. The molecule has 0 aliphatic rings. The number of hydrogen-bond acceptors (Lipinski definition) is 5. The molecule has 3 N–H and O–H groups in total. The number of benzene rings is 3. The second-order valence-electron chi connectivity index (χ2n) is 8.30. The van der Waals surface area contributed by atoms with Crippen LogP contribution < -0.4 is 16.0 Å². The fourth-order valence-electron chi connectivity index (χ4n) is 3.60. The van der Waals surface area contributed by atoms with Crippen molar-refractivity contribution < 1.29 is 4.79 Å². The summed E-state index contributed by atoms with van der Waals surface area (Å²) < 4.78 is 0. The summed E-state index contributed by atoms with van der Waals surface area (Å²) in [7, 11) is 0. The maximum absolute atomic E-state index is 13.2. The van der Waals surface area contributed by atoms with E-state index in [0.717, 1.165) is 22.5 Å². The molecule has 0 aliphatic carbocycles. The minimum Gasteiger partial charge on any atom is -0.358 e. The van der Waals surface area contributed by atoms with Crippen molar-refractivity contribution in [3.63, 3.8) is 0 Å². The van der Waals surface area contributed by atoms with Crippen LogP contribution in [0.4, 0.5) is 17.5 Å². The number of anilines is 3. The molecule has 1 aromatic heterocycles. The highest BCUT2D eigenvalue weighted by Gasteiger charge is 2.20. The van der Waals surface area contributed by atoms with Crippen LogP contribution in [0.1, 0.15) is 22.4 Å². The third-order valence-corrected chi connectivity index (χ3v) is 5.39. The van der Waals surface area contributed by atoms with E-state index in [9.17, 15) is 4.79 Å². The van der Waals surface area contributed by atoms with E-state index >= 15 is 0 Å². The molecule has 4 aromatic rings. The van der Waals surface area contributed by atoms with E-state index in [1.165, 1.54) is 5.56 Å². The first-order valence-corrected chi connectivity index (χ1v) is 11.4. The lowest BCUT2D eigenvalue weighted by Crippen LogP contribution is -2.41. The van der Waals surface area contributed by atoms with Gasteiger partial charge < -0.3 is 16.0 Å². The van der Waals surface area contributed by atoms with Gasteiger partial charge in [0.1, 0.15) is 11.9 Å². The van der Waals surface area contributed by atoms with Crippen molar-refractivity contribution >= 4 is 23.4 Å². The zero-order valence-electron chi connectivity index (χ0n) is 19.5. The molecule has 0 fully saturated rings. The van der Waals surface area contributed by atoms with Gasteiger partial charge in [0, 0.05) is 30.4 Å². The van der Waals surface area contributed by atoms with Crippen LogP contribution in [0.15, 0.2) is 91.0 Å². The van der Waals surface area contributed by atoms with Gasteiger partial charge in [0.15, 0.2) is 0 Å². The Labute approximate surface area is 200 Å². The largest absolute Gasteiger partial charge is 0.358 e. The number of hydrogen-bond donors (Lipinski definition) is 3. The third-order valence-electron chi connectivity index (χ3n) is 5.39. The molecule has 3 aromatic carbocycles. The molecule has 0 unspecified atom stereocenters. The van der Waals surface area contributed by atoms with Crippen molar-refractivity contribution in [1.82, 2.24) is 15.3 Å². The van der Waals surface area contributed by atoms with E-state index in [-0.39, 0.29) is 5.91 Å². The molecule has 0 radical (unpaired) electrons. The van der Waals surface area contributed by atoms with Gasteiger partial charge in [-0.15, -0.1) is 0 Å². The lowest BCUT2D eigenvalue weighted by molar-refractivity contribution is -0.122. The molecule has 1 amide bonds. The van der Waals surface area contributed by atoms with Crippen molar-refractivity contribution in [2.75, 3.05) is 10.6 Å². The summed E-state index contributed by atoms with van der Waals surface area (Å²) >= 11 is 0. The summed E-state index contributed by atoms with van der Waals surface area (Å²) in [6.07, 6.45) is 0.533. The molecule has 172 valence electrons. The molecule has 1 atom stereocenters. The number of amides is 1. The molecule has 34 heavy (non-hydrogen) atoms. The van der Waals surface area contributed by atoms with Crippen molar-refractivity contribution in [2.24, 2.45) is 0 Å². The summed E-state index contributed by atoms with van der Waals surface area (Å²) in [5, 5.41) is 9.63. The topological polar surface area (TPSA) is 78.9 Å². The summed E-state index contributed by atoms with van der Waals surface area (Å²) in [5.41, 5.74) is 5.02. The second-order valence-corrected chi connectivity index (χ2v) is 8.30. The van der Waals surface area contributed by atoms with Gasteiger partial charge in [0.05, 0.1) is 0 Å². The van der Waals surface area contributed by atoms with Gasteiger partial charge >= 0.3 is 0 Å². The highest BCUT2D eigenvalue weighted by molar-refractivity contribution is 5.84. The maximum Gasteiger partial charge on any atom is 0.243 e. The van der Waals surface area contributed by atoms with Gasteiger partial charge in [0.25, 0.3) is 0 Å². The molecule has 6 heteroatoms. The van der Waals surface area contributed by atoms with Crippen LogP contribution in [0.25, 0.3) is 0 Å². The number of aryl methyl sites for hydroxylation is 2. The van der Waals surface area contributed by atoms with Crippen LogP contribution in [0.5, 0.6) is 0 Å². The van der Waals surface area contributed by atoms with Crippen LogP contribution in [-0.2, 0) is 17.8 Å². The number of nitrogens with one attached hydrogen (secondary N) is 3. The van der Waals surface area contributed by atoms with E-state index in [4.69, 9.17) is 0 Å². The first kappa shape index (κ1) is 23.0. The smallest absolute Gasteiger partial charge is 0.243 e. The van der Waals surface area contributed by atoms with Crippen molar-refractivity contribution in [2.45, 2.75) is 32.9 Å². The zero-order chi connectivity index (χ0) is 23.8. The van der Waals surface area contributed by atoms with Gasteiger partial charge in [0.2, 0.25) is 11.9 Å². The summed E-state index contributed by atoms with van der Waals surface area (Å²) in [6, 6.07) is 29.3. The Bertz CT molecular complexity index is 1210. The Balaban J connectivity index is 1.51. The molecule has 0 spiro atoms. The fraction of sp³-hybridized carbons (Fsp3) is 0.179. The Morgan fingerprint density at radius 3 is 2.21 bits per heavy atom. The first-order chi connectivity index (χ1) is 16.5. The molecule has 1 heterocycles. The normalized spacial score (nSPS) is 11.5. The van der Waals surface area contributed by atoms with Gasteiger partial charge in [-0.05, 0) is 37.1 Å². The quantitative estimate of drug-likeness (QED) is 0.327. The molecule has 0 saturated heterocycles. The number of aromatic nitrogens is 2. The molecule has 0 bridgehead atoms.